The third-order valence-corrected chi connectivity index (χ3v) is 6.25. The molecule has 22 heavy (non-hydrogen) atoms. The van der Waals surface area contributed by atoms with E-state index in [2.05, 4.69) is 20.5 Å². The highest BCUT2D eigenvalue weighted by Crippen LogP contribution is 2.37. The van der Waals surface area contributed by atoms with Gasteiger partial charge in [0, 0.05) is 0 Å². The lowest BCUT2D eigenvalue weighted by molar-refractivity contribution is 0.307. The molecule has 0 N–H and O–H groups in total. The van der Waals surface area contributed by atoms with E-state index in [1.807, 2.05) is 22.9 Å². The molecular weight excluding hydrogens is 338 g/mol. The van der Waals surface area contributed by atoms with Crippen LogP contribution in [0.4, 0.5) is 0 Å². The Bertz CT molecular complexity index is 793. The van der Waals surface area contributed by atoms with Gasteiger partial charge >= 0.3 is 0 Å². The molecule has 114 valence electrons. The highest BCUT2D eigenvalue weighted by molar-refractivity contribution is 8.01. The van der Waals surface area contributed by atoms with Crippen LogP contribution in [0, 0.1) is 0 Å². The largest absolute Gasteiger partial charge is 0.228 e. The summed E-state index contributed by atoms with van der Waals surface area (Å²) in [5.41, 5.74) is 0.855. The Labute approximate surface area is 141 Å². The number of fused-ring (bicyclic) bond motifs is 1. The van der Waals surface area contributed by atoms with E-state index in [0.717, 1.165) is 32.6 Å². The van der Waals surface area contributed by atoms with Crippen LogP contribution in [0.25, 0.3) is 10.2 Å². The van der Waals surface area contributed by atoms with Crippen LogP contribution < -0.4 is 0 Å². The quantitative estimate of drug-likeness (QED) is 0.690. The molecule has 0 radical (unpaired) electrons. The van der Waals surface area contributed by atoms with E-state index in [9.17, 15) is 0 Å². The van der Waals surface area contributed by atoms with Crippen molar-refractivity contribution in [2.45, 2.75) is 47.6 Å². The van der Waals surface area contributed by atoms with E-state index < -0.39 is 0 Å². The molecule has 5 nitrogen and oxygen atoms in total. The molecule has 0 bridgehead atoms. The number of thiazole rings is 1. The highest BCUT2D eigenvalue weighted by Gasteiger charge is 2.21. The number of hydrogen-bond donors (Lipinski definition) is 0. The second-order valence-electron chi connectivity index (χ2n) is 5.37. The second-order valence-corrected chi connectivity index (χ2v) is 8.02. The Hall–Kier alpha value is -1.18. The topological polar surface area (TPSA) is 56.5 Å². The van der Waals surface area contributed by atoms with Gasteiger partial charge in [0.15, 0.2) is 4.34 Å². The zero-order valence-corrected chi connectivity index (χ0v) is 14.2. The number of halogens is 1. The van der Waals surface area contributed by atoms with E-state index in [4.69, 9.17) is 11.6 Å². The zero-order valence-electron chi connectivity index (χ0n) is 11.8. The van der Waals surface area contributed by atoms with Gasteiger partial charge in [-0.2, -0.15) is 0 Å². The summed E-state index contributed by atoms with van der Waals surface area (Å²) in [6.45, 7) is 0. The van der Waals surface area contributed by atoms with E-state index in [0.29, 0.717) is 11.1 Å². The van der Waals surface area contributed by atoms with Gasteiger partial charge in [-0.3, -0.25) is 0 Å². The first kappa shape index (κ1) is 14.4. The van der Waals surface area contributed by atoms with Crippen molar-refractivity contribution in [3.05, 3.63) is 23.2 Å². The van der Waals surface area contributed by atoms with Crippen LogP contribution in [-0.4, -0.2) is 25.2 Å². The lowest BCUT2D eigenvalue weighted by Crippen LogP contribution is -2.15. The summed E-state index contributed by atoms with van der Waals surface area (Å²) < 4.78 is 3.99. The molecular formula is C14H14ClN5S2. The van der Waals surface area contributed by atoms with Crippen LogP contribution >= 0.6 is 34.7 Å². The molecule has 4 rings (SSSR count). The third-order valence-electron chi connectivity index (χ3n) is 3.91. The monoisotopic (exact) mass is 351 g/mol. The minimum absolute atomic E-state index is 0.421. The van der Waals surface area contributed by atoms with Crippen molar-refractivity contribution in [2.24, 2.45) is 0 Å². The fourth-order valence-electron chi connectivity index (χ4n) is 2.82. The lowest BCUT2D eigenvalue weighted by Gasteiger charge is -2.21. The van der Waals surface area contributed by atoms with Gasteiger partial charge in [-0.05, 0) is 47.2 Å². The number of tetrazole rings is 1. The van der Waals surface area contributed by atoms with Crippen molar-refractivity contribution < 1.29 is 0 Å². The van der Waals surface area contributed by atoms with E-state index in [1.165, 1.54) is 31.0 Å². The first-order valence-electron chi connectivity index (χ1n) is 7.32. The van der Waals surface area contributed by atoms with Gasteiger partial charge in [-0.1, -0.05) is 36.9 Å². The number of aromatic nitrogens is 5. The van der Waals surface area contributed by atoms with Gasteiger partial charge < -0.3 is 0 Å². The van der Waals surface area contributed by atoms with Crippen molar-refractivity contribution in [1.29, 1.82) is 0 Å². The molecule has 1 fully saturated rings. The normalized spacial score (nSPS) is 16.4. The summed E-state index contributed by atoms with van der Waals surface area (Å²) in [5.74, 6) is 0. The van der Waals surface area contributed by atoms with Crippen molar-refractivity contribution in [3.63, 3.8) is 0 Å². The van der Waals surface area contributed by atoms with Gasteiger partial charge in [-0.25, -0.2) is 9.67 Å². The maximum Gasteiger partial charge on any atom is 0.216 e. The van der Waals surface area contributed by atoms with Gasteiger partial charge in [0.2, 0.25) is 5.16 Å². The zero-order chi connectivity index (χ0) is 14.9. The van der Waals surface area contributed by atoms with Crippen molar-refractivity contribution in [2.75, 3.05) is 0 Å². The summed E-state index contributed by atoms with van der Waals surface area (Å²) in [6, 6.07) is 6.27. The molecule has 1 saturated carbocycles. The number of benzene rings is 1. The predicted molar refractivity (Wildman–Crippen MR) is 88.7 cm³/mol. The molecule has 1 aliphatic rings. The van der Waals surface area contributed by atoms with Gasteiger partial charge in [0.25, 0.3) is 0 Å². The van der Waals surface area contributed by atoms with E-state index in [-0.39, 0.29) is 0 Å². The fourth-order valence-corrected chi connectivity index (χ4v) is 5.13. The van der Waals surface area contributed by atoms with Gasteiger partial charge in [-0.15, -0.1) is 16.4 Å². The Balaban J connectivity index is 1.62. The summed E-state index contributed by atoms with van der Waals surface area (Å²) in [4.78, 5) is 4.61. The average molecular weight is 352 g/mol. The predicted octanol–water partition coefficient (Wildman–Crippen LogP) is 4.59. The molecule has 0 aliphatic heterocycles. The molecule has 0 unspecified atom stereocenters. The Morgan fingerprint density at radius 1 is 1.23 bits per heavy atom. The molecule has 8 heteroatoms. The SMILES string of the molecule is Clc1cccc2sc(Sc3nnnn3C3CCCCC3)nc12. The number of rotatable bonds is 3. The van der Waals surface area contributed by atoms with Gasteiger partial charge in [0.1, 0.15) is 5.52 Å². The maximum atomic E-state index is 6.19. The first-order valence-corrected chi connectivity index (χ1v) is 9.33. The minimum Gasteiger partial charge on any atom is -0.228 e. The number of para-hydroxylation sites is 1. The van der Waals surface area contributed by atoms with Crippen molar-refractivity contribution in [1.82, 2.24) is 25.2 Å². The molecule has 1 aromatic carbocycles. The Morgan fingerprint density at radius 3 is 2.91 bits per heavy atom. The summed E-state index contributed by atoms with van der Waals surface area (Å²) in [5, 5.41) is 13.7. The van der Waals surface area contributed by atoms with Crippen LogP contribution in [0.1, 0.15) is 38.1 Å². The molecule has 0 saturated heterocycles. The smallest absolute Gasteiger partial charge is 0.216 e. The van der Waals surface area contributed by atoms with Crippen LogP contribution in [0.5, 0.6) is 0 Å². The Morgan fingerprint density at radius 2 is 2.09 bits per heavy atom. The summed E-state index contributed by atoms with van der Waals surface area (Å²) in [6.07, 6.45) is 6.14. The van der Waals surface area contributed by atoms with Gasteiger partial charge in [0.05, 0.1) is 15.8 Å². The van der Waals surface area contributed by atoms with Crippen LogP contribution in [0.2, 0.25) is 5.02 Å². The number of nitrogens with zero attached hydrogens (tertiary/aromatic N) is 5. The number of hydrogen-bond acceptors (Lipinski definition) is 6. The molecule has 2 aromatic heterocycles. The highest BCUT2D eigenvalue weighted by atomic mass is 35.5. The molecule has 2 heterocycles. The van der Waals surface area contributed by atoms with Crippen molar-refractivity contribution >= 4 is 44.9 Å². The van der Waals surface area contributed by atoms with Crippen LogP contribution in [0.15, 0.2) is 27.7 Å². The molecule has 1 aliphatic carbocycles. The van der Waals surface area contributed by atoms with Crippen LogP contribution in [0.3, 0.4) is 0 Å². The first-order chi connectivity index (χ1) is 10.8. The molecule has 3 aromatic rings. The van der Waals surface area contributed by atoms with E-state index in [1.54, 1.807) is 11.3 Å². The van der Waals surface area contributed by atoms with Crippen molar-refractivity contribution in [3.8, 4) is 0 Å². The molecule has 0 atom stereocenters. The summed E-state index contributed by atoms with van der Waals surface area (Å²) >= 11 is 9.34. The maximum absolute atomic E-state index is 6.19. The fraction of sp³-hybridized carbons (Fsp3) is 0.429. The van der Waals surface area contributed by atoms with Crippen LogP contribution in [-0.2, 0) is 0 Å². The minimum atomic E-state index is 0.421. The second kappa shape index (κ2) is 6.14. The third kappa shape index (κ3) is 2.73. The summed E-state index contributed by atoms with van der Waals surface area (Å²) in [7, 11) is 0. The Kier molecular flexibility index (Phi) is 4.02. The van der Waals surface area contributed by atoms with E-state index >= 15 is 0 Å². The lowest BCUT2D eigenvalue weighted by atomic mass is 9.96. The average Bonchev–Trinajstić information content (AvgIpc) is 3.16. The standard InChI is InChI=1S/C14H14ClN5S2/c15-10-7-4-8-11-12(10)16-14(21-11)22-13-17-18-19-20(13)9-5-2-1-3-6-9/h4,7-9H,1-3,5-6H2. The molecule has 0 spiro atoms. The molecule has 0 amide bonds.